The van der Waals surface area contributed by atoms with E-state index in [1.807, 2.05) is 0 Å². The van der Waals surface area contributed by atoms with E-state index < -0.39 is 16.6 Å². The molecule has 2 aromatic rings. The van der Waals surface area contributed by atoms with Crippen molar-refractivity contribution in [3.63, 3.8) is 0 Å². The number of aryl methyl sites for hydroxylation is 1. The maximum absolute atomic E-state index is 13.5. The molecule has 0 aliphatic heterocycles. The van der Waals surface area contributed by atoms with Gasteiger partial charge in [-0.05, 0) is 24.6 Å². The van der Waals surface area contributed by atoms with Gasteiger partial charge in [0, 0.05) is 30.9 Å². The number of nitrogens with zero attached hydrogens (tertiary/aromatic N) is 1. The normalized spacial score (nSPS) is 10.4. The average molecular weight is 348 g/mol. The van der Waals surface area contributed by atoms with Gasteiger partial charge >= 0.3 is 0 Å². The molecule has 0 atom stereocenters. The lowest BCUT2D eigenvalue weighted by atomic mass is 10.1. The van der Waals surface area contributed by atoms with E-state index in [1.54, 1.807) is 6.92 Å². The van der Waals surface area contributed by atoms with Crippen molar-refractivity contribution in [3.8, 4) is 5.75 Å². The van der Waals surface area contributed by atoms with E-state index in [2.05, 4.69) is 5.32 Å². The molecule has 0 saturated heterocycles. The number of hydrogen-bond donors (Lipinski definition) is 1. The Bertz CT molecular complexity index is 795. The Morgan fingerprint density at radius 1 is 1.24 bits per heavy atom. The van der Waals surface area contributed by atoms with Crippen LogP contribution in [0, 0.1) is 22.9 Å². The topological polar surface area (TPSA) is 90.7 Å². The Morgan fingerprint density at radius 2 is 2.00 bits per heavy atom. The van der Waals surface area contributed by atoms with Crippen LogP contribution in [0.1, 0.15) is 15.9 Å². The molecular formula is C17H17FN2O5. The molecule has 8 heteroatoms. The van der Waals surface area contributed by atoms with Crippen LogP contribution in [0.15, 0.2) is 36.4 Å². The molecule has 1 N–H and O–H groups in total. The van der Waals surface area contributed by atoms with E-state index in [9.17, 15) is 19.3 Å². The highest BCUT2D eigenvalue weighted by atomic mass is 19.1. The zero-order chi connectivity index (χ0) is 18.4. The van der Waals surface area contributed by atoms with Crippen LogP contribution in [0.3, 0.4) is 0 Å². The third-order valence-electron chi connectivity index (χ3n) is 3.41. The Kier molecular flexibility index (Phi) is 6.02. The number of benzene rings is 2. The minimum Gasteiger partial charge on any atom is -0.489 e. The van der Waals surface area contributed by atoms with Crippen LogP contribution in [-0.4, -0.2) is 31.2 Å². The highest BCUT2D eigenvalue weighted by molar-refractivity contribution is 6.06. The highest BCUT2D eigenvalue weighted by Crippen LogP contribution is 2.27. The number of nitro groups is 1. The van der Waals surface area contributed by atoms with Crippen LogP contribution in [0.5, 0.6) is 5.75 Å². The number of ether oxygens (including phenoxy) is 2. The number of methoxy groups -OCH3 is 1. The maximum Gasteiger partial charge on any atom is 0.270 e. The summed E-state index contributed by atoms with van der Waals surface area (Å²) in [6.45, 7) is 2.20. The molecule has 0 unspecified atom stereocenters. The number of anilines is 1. The molecule has 7 nitrogen and oxygen atoms in total. The monoisotopic (exact) mass is 348 g/mol. The van der Waals surface area contributed by atoms with Crippen molar-refractivity contribution in [1.82, 2.24) is 0 Å². The molecule has 0 fully saturated rings. The van der Waals surface area contributed by atoms with E-state index in [4.69, 9.17) is 9.47 Å². The van der Waals surface area contributed by atoms with Crippen molar-refractivity contribution in [2.75, 3.05) is 25.6 Å². The molecule has 0 spiro atoms. The summed E-state index contributed by atoms with van der Waals surface area (Å²) in [4.78, 5) is 22.8. The molecule has 1 amide bonds. The number of halogens is 1. The van der Waals surface area contributed by atoms with Gasteiger partial charge in [-0.1, -0.05) is 6.07 Å². The number of amides is 1. The molecule has 0 aromatic heterocycles. The fraction of sp³-hybridized carbons (Fsp3) is 0.235. The number of non-ortho nitro benzene ring substituents is 1. The SMILES string of the molecule is COCCOc1ccc(F)cc1NC(=O)c1cc([N+](=O)[O-])ccc1C. The Morgan fingerprint density at radius 3 is 2.68 bits per heavy atom. The lowest BCUT2D eigenvalue weighted by Gasteiger charge is -2.13. The fourth-order valence-corrected chi connectivity index (χ4v) is 2.12. The van der Waals surface area contributed by atoms with Gasteiger partial charge < -0.3 is 14.8 Å². The van der Waals surface area contributed by atoms with Gasteiger partial charge in [-0.3, -0.25) is 14.9 Å². The summed E-state index contributed by atoms with van der Waals surface area (Å²) >= 11 is 0. The number of carbonyl (C=O) groups excluding carboxylic acids is 1. The van der Waals surface area contributed by atoms with Crippen molar-refractivity contribution >= 4 is 17.3 Å². The van der Waals surface area contributed by atoms with E-state index >= 15 is 0 Å². The Balaban J connectivity index is 2.27. The van der Waals surface area contributed by atoms with Crippen molar-refractivity contribution in [1.29, 1.82) is 0 Å². The van der Waals surface area contributed by atoms with Gasteiger partial charge in [0.15, 0.2) is 0 Å². The second kappa shape index (κ2) is 8.20. The first-order valence-electron chi connectivity index (χ1n) is 7.40. The van der Waals surface area contributed by atoms with Gasteiger partial charge in [0.05, 0.1) is 17.2 Å². The van der Waals surface area contributed by atoms with Crippen molar-refractivity contribution in [2.24, 2.45) is 0 Å². The Labute approximate surface area is 143 Å². The first-order valence-corrected chi connectivity index (χ1v) is 7.40. The summed E-state index contributed by atoms with van der Waals surface area (Å²) in [5.74, 6) is -0.872. The lowest BCUT2D eigenvalue weighted by molar-refractivity contribution is -0.384. The molecule has 0 radical (unpaired) electrons. The molecule has 0 bridgehead atoms. The first-order chi connectivity index (χ1) is 11.9. The summed E-state index contributed by atoms with van der Waals surface area (Å²) < 4.78 is 23.8. The van der Waals surface area contributed by atoms with Gasteiger partial charge in [0.2, 0.25) is 0 Å². The van der Waals surface area contributed by atoms with Crippen LogP contribution in [0.2, 0.25) is 0 Å². The molecule has 0 saturated carbocycles. The van der Waals surface area contributed by atoms with E-state index in [0.717, 1.165) is 6.07 Å². The van der Waals surface area contributed by atoms with E-state index in [1.165, 1.54) is 37.4 Å². The summed E-state index contributed by atoms with van der Waals surface area (Å²) in [6.07, 6.45) is 0. The quantitative estimate of drug-likeness (QED) is 0.471. The molecular weight excluding hydrogens is 331 g/mol. The predicted molar refractivity (Wildman–Crippen MR) is 89.6 cm³/mol. The standard InChI is InChI=1S/C17H17FN2O5/c1-11-3-5-13(20(22)23)10-14(11)17(21)19-15-9-12(18)4-6-16(15)25-8-7-24-2/h3-6,9-10H,7-8H2,1-2H3,(H,19,21). The van der Waals surface area contributed by atoms with Crippen LogP contribution in [0.25, 0.3) is 0 Å². The lowest BCUT2D eigenvalue weighted by Crippen LogP contribution is -2.15. The summed E-state index contributed by atoms with van der Waals surface area (Å²) in [5.41, 5.74) is 0.612. The van der Waals surface area contributed by atoms with Gasteiger partial charge in [-0.2, -0.15) is 0 Å². The predicted octanol–water partition coefficient (Wildman–Crippen LogP) is 3.32. The average Bonchev–Trinajstić information content (AvgIpc) is 2.57. The summed E-state index contributed by atoms with van der Waals surface area (Å²) in [7, 11) is 1.52. The van der Waals surface area contributed by atoms with Crippen molar-refractivity contribution in [2.45, 2.75) is 6.92 Å². The summed E-state index contributed by atoms with van der Waals surface area (Å²) in [5, 5.41) is 13.4. The zero-order valence-electron chi connectivity index (χ0n) is 13.7. The molecule has 132 valence electrons. The zero-order valence-corrected chi connectivity index (χ0v) is 13.7. The third kappa shape index (κ3) is 4.74. The number of nitrogens with one attached hydrogen (secondary N) is 1. The largest absolute Gasteiger partial charge is 0.489 e. The van der Waals surface area contributed by atoms with Gasteiger partial charge in [-0.25, -0.2) is 4.39 Å². The second-order valence-corrected chi connectivity index (χ2v) is 5.19. The molecule has 0 aliphatic rings. The van der Waals surface area contributed by atoms with Crippen LogP contribution >= 0.6 is 0 Å². The minimum absolute atomic E-state index is 0.126. The van der Waals surface area contributed by atoms with E-state index in [-0.39, 0.29) is 29.3 Å². The van der Waals surface area contributed by atoms with Gasteiger partial charge in [-0.15, -0.1) is 0 Å². The number of rotatable bonds is 7. The van der Waals surface area contributed by atoms with Crippen LogP contribution < -0.4 is 10.1 Å². The molecule has 0 heterocycles. The third-order valence-corrected chi connectivity index (χ3v) is 3.41. The second-order valence-electron chi connectivity index (χ2n) is 5.19. The fourth-order valence-electron chi connectivity index (χ4n) is 2.12. The number of hydrogen-bond acceptors (Lipinski definition) is 5. The van der Waals surface area contributed by atoms with Gasteiger partial charge in [0.25, 0.3) is 11.6 Å². The minimum atomic E-state index is -0.594. The van der Waals surface area contributed by atoms with Crippen molar-refractivity contribution < 1.29 is 23.6 Å². The number of nitro benzene ring substituents is 1. The number of carbonyl (C=O) groups is 1. The molecule has 25 heavy (non-hydrogen) atoms. The van der Waals surface area contributed by atoms with Crippen LogP contribution in [-0.2, 0) is 4.74 Å². The maximum atomic E-state index is 13.5. The van der Waals surface area contributed by atoms with Crippen molar-refractivity contribution in [3.05, 3.63) is 63.5 Å². The molecule has 0 aliphatic carbocycles. The molecule has 2 rings (SSSR count). The first kappa shape index (κ1) is 18.3. The van der Waals surface area contributed by atoms with E-state index in [0.29, 0.717) is 12.2 Å². The molecule has 2 aromatic carbocycles. The van der Waals surface area contributed by atoms with Crippen LogP contribution in [0.4, 0.5) is 15.8 Å². The smallest absolute Gasteiger partial charge is 0.270 e. The summed E-state index contributed by atoms with van der Waals surface area (Å²) in [6, 6.07) is 7.68. The van der Waals surface area contributed by atoms with Gasteiger partial charge in [0.1, 0.15) is 18.2 Å². The highest BCUT2D eigenvalue weighted by Gasteiger charge is 2.17. The Hall–Kier alpha value is -3.00.